The van der Waals surface area contributed by atoms with Gasteiger partial charge in [-0.2, -0.15) is 5.10 Å². The molecule has 1 atom stereocenters. The molecule has 1 aromatic rings. The molecular weight excluding hydrogens is 266 g/mol. The Morgan fingerprint density at radius 1 is 1.38 bits per heavy atom. The van der Waals surface area contributed by atoms with Crippen molar-refractivity contribution in [1.29, 1.82) is 5.41 Å². The molecule has 2 rings (SSSR count). The van der Waals surface area contributed by atoms with Gasteiger partial charge in [0, 0.05) is 20.2 Å². The summed E-state index contributed by atoms with van der Waals surface area (Å²) in [6, 6.07) is 0. The number of amidine groups is 1. The lowest BCUT2D eigenvalue weighted by Gasteiger charge is -2.34. The third-order valence-electron chi connectivity index (χ3n) is 4.11. The number of ether oxygens (including phenoxy) is 1. The number of rotatable bonds is 5. The highest BCUT2D eigenvalue weighted by molar-refractivity contribution is 6.01. The van der Waals surface area contributed by atoms with Crippen molar-refractivity contribution >= 4 is 11.7 Å². The highest BCUT2D eigenvalue weighted by Crippen LogP contribution is 2.26. The fourth-order valence-electron chi connectivity index (χ4n) is 2.99. The molecule has 0 spiro atoms. The van der Waals surface area contributed by atoms with Crippen molar-refractivity contribution in [3.05, 3.63) is 16.8 Å². The summed E-state index contributed by atoms with van der Waals surface area (Å²) in [7, 11) is 1.74. The van der Waals surface area contributed by atoms with Crippen LogP contribution in [-0.2, 0) is 17.6 Å². The molecule has 6 heteroatoms. The molecule has 3 N–H and O–H groups in total. The summed E-state index contributed by atoms with van der Waals surface area (Å²) in [5, 5.41) is 16.7. The van der Waals surface area contributed by atoms with Crippen molar-refractivity contribution in [2.75, 3.05) is 25.1 Å². The second kappa shape index (κ2) is 6.85. The van der Waals surface area contributed by atoms with Crippen LogP contribution < -0.4 is 10.6 Å². The zero-order valence-corrected chi connectivity index (χ0v) is 13.1. The smallest absolute Gasteiger partial charge is 0.162 e. The summed E-state index contributed by atoms with van der Waals surface area (Å²) in [6.07, 6.45) is 3.92. The molecule has 0 aliphatic carbocycles. The van der Waals surface area contributed by atoms with Crippen LogP contribution in [-0.4, -0.2) is 42.3 Å². The summed E-state index contributed by atoms with van der Waals surface area (Å²) >= 11 is 0. The maximum Gasteiger partial charge on any atom is 0.162 e. The van der Waals surface area contributed by atoms with Crippen molar-refractivity contribution in [3.8, 4) is 0 Å². The number of methoxy groups -OCH3 is 1. The predicted molar refractivity (Wildman–Crippen MR) is 84.0 cm³/mol. The van der Waals surface area contributed by atoms with Crippen molar-refractivity contribution in [1.82, 2.24) is 10.2 Å². The van der Waals surface area contributed by atoms with Gasteiger partial charge >= 0.3 is 0 Å². The van der Waals surface area contributed by atoms with Crippen LogP contribution in [0.2, 0.25) is 0 Å². The summed E-state index contributed by atoms with van der Waals surface area (Å²) in [5.74, 6) is 0.810. The van der Waals surface area contributed by atoms with Gasteiger partial charge in [-0.25, -0.2) is 0 Å². The van der Waals surface area contributed by atoms with Crippen LogP contribution >= 0.6 is 0 Å². The summed E-state index contributed by atoms with van der Waals surface area (Å²) < 4.78 is 5.47. The van der Waals surface area contributed by atoms with Gasteiger partial charge in [-0.1, -0.05) is 13.8 Å². The van der Waals surface area contributed by atoms with E-state index in [4.69, 9.17) is 15.9 Å². The van der Waals surface area contributed by atoms with E-state index in [0.717, 1.165) is 61.4 Å². The number of nitrogen functional groups attached to an aromatic ring is 1. The molecule has 0 saturated carbocycles. The molecule has 0 radical (unpaired) electrons. The van der Waals surface area contributed by atoms with Gasteiger partial charge in [0.25, 0.3) is 0 Å². The molecule has 0 bridgehead atoms. The first-order valence-electron chi connectivity index (χ1n) is 7.62. The van der Waals surface area contributed by atoms with Gasteiger partial charge in [-0.05, 0) is 31.2 Å². The molecule has 1 fully saturated rings. The number of hydrogen-bond acceptors (Lipinski definition) is 5. The second-order valence-corrected chi connectivity index (χ2v) is 5.39. The van der Waals surface area contributed by atoms with E-state index in [0.29, 0.717) is 0 Å². The topological polar surface area (TPSA) is 88.1 Å². The Hall–Kier alpha value is -1.69. The van der Waals surface area contributed by atoms with Gasteiger partial charge in [-0.15, -0.1) is 5.10 Å². The molecule has 1 aromatic heterocycles. The molecule has 6 nitrogen and oxygen atoms in total. The van der Waals surface area contributed by atoms with E-state index in [9.17, 15) is 0 Å². The van der Waals surface area contributed by atoms with Gasteiger partial charge in [0.05, 0.1) is 17.4 Å². The standard InChI is InChI=1S/C15H25N5O/c1-4-11-12(5-2)18-19-15(13(11)14(16)17)20-8-6-7-10(9-20)21-3/h10H,4-9H2,1-3H3,(H3,16,17). The quantitative estimate of drug-likeness (QED) is 0.634. The van der Waals surface area contributed by atoms with E-state index in [-0.39, 0.29) is 11.9 Å². The molecule has 21 heavy (non-hydrogen) atoms. The first kappa shape index (κ1) is 15.7. The van der Waals surface area contributed by atoms with E-state index < -0.39 is 0 Å². The van der Waals surface area contributed by atoms with E-state index in [1.54, 1.807) is 7.11 Å². The zero-order valence-electron chi connectivity index (χ0n) is 13.1. The van der Waals surface area contributed by atoms with E-state index in [2.05, 4.69) is 28.9 Å². The monoisotopic (exact) mass is 291 g/mol. The minimum Gasteiger partial charge on any atom is -0.384 e. The van der Waals surface area contributed by atoms with Crippen LogP contribution in [0.3, 0.4) is 0 Å². The van der Waals surface area contributed by atoms with Crippen LogP contribution in [0.1, 0.15) is 43.5 Å². The van der Waals surface area contributed by atoms with Gasteiger partial charge < -0.3 is 15.4 Å². The van der Waals surface area contributed by atoms with Crippen LogP contribution in [0.15, 0.2) is 0 Å². The zero-order chi connectivity index (χ0) is 15.4. The lowest BCUT2D eigenvalue weighted by molar-refractivity contribution is 0.0891. The minimum absolute atomic E-state index is 0.0750. The Bertz CT molecular complexity index is 517. The van der Waals surface area contributed by atoms with Crippen molar-refractivity contribution < 1.29 is 4.74 Å². The Labute approximate surface area is 126 Å². The predicted octanol–water partition coefficient (Wildman–Crippen LogP) is 1.50. The Balaban J connectivity index is 2.45. The molecular formula is C15H25N5O. The molecule has 0 aromatic carbocycles. The van der Waals surface area contributed by atoms with Crippen LogP contribution in [0.4, 0.5) is 5.82 Å². The molecule has 1 unspecified atom stereocenters. The maximum absolute atomic E-state index is 7.96. The lowest BCUT2D eigenvalue weighted by atomic mass is 10.0. The first-order valence-corrected chi connectivity index (χ1v) is 7.62. The lowest BCUT2D eigenvalue weighted by Crippen LogP contribution is -2.41. The summed E-state index contributed by atoms with van der Waals surface area (Å²) in [4.78, 5) is 2.15. The van der Waals surface area contributed by atoms with Crippen LogP contribution in [0, 0.1) is 5.41 Å². The summed E-state index contributed by atoms with van der Waals surface area (Å²) in [5.41, 5.74) is 8.58. The highest BCUT2D eigenvalue weighted by Gasteiger charge is 2.26. The second-order valence-electron chi connectivity index (χ2n) is 5.39. The average molecular weight is 291 g/mol. The number of aryl methyl sites for hydroxylation is 1. The van der Waals surface area contributed by atoms with E-state index >= 15 is 0 Å². The molecule has 0 amide bonds. The number of nitrogens with one attached hydrogen (secondary N) is 1. The maximum atomic E-state index is 7.96. The fraction of sp³-hybridized carbons (Fsp3) is 0.667. The SMILES string of the molecule is CCc1nnc(N2CCCC(OC)C2)c(C(=N)N)c1CC. The van der Waals surface area contributed by atoms with Gasteiger partial charge in [0.15, 0.2) is 5.82 Å². The first-order chi connectivity index (χ1) is 10.1. The molecule has 1 saturated heterocycles. The van der Waals surface area contributed by atoms with E-state index in [1.165, 1.54) is 0 Å². The van der Waals surface area contributed by atoms with Gasteiger partial charge in [-0.3, -0.25) is 5.41 Å². The largest absolute Gasteiger partial charge is 0.384 e. The number of anilines is 1. The fourth-order valence-corrected chi connectivity index (χ4v) is 2.99. The van der Waals surface area contributed by atoms with Gasteiger partial charge in [0.2, 0.25) is 0 Å². The number of aromatic nitrogens is 2. The van der Waals surface area contributed by atoms with Crippen molar-refractivity contribution in [3.63, 3.8) is 0 Å². The van der Waals surface area contributed by atoms with Gasteiger partial charge in [0.1, 0.15) is 5.84 Å². The van der Waals surface area contributed by atoms with Crippen LogP contribution in [0.25, 0.3) is 0 Å². The molecule has 2 heterocycles. The Kier molecular flexibility index (Phi) is 5.12. The van der Waals surface area contributed by atoms with E-state index in [1.807, 2.05) is 0 Å². The number of nitrogens with two attached hydrogens (primary N) is 1. The van der Waals surface area contributed by atoms with Crippen molar-refractivity contribution in [2.24, 2.45) is 5.73 Å². The highest BCUT2D eigenvalue weighted by atomic mass is 16.5. The Morgan fingerprint density at radius 3 is 2.71 bits per heavy atom. The molecule has 1 aliphatic heterocycles. The number of nitrogens with zero attached hydrogens (tertiary/aromatic N) is 3. The molecule has 116 valence electrons. The molecule has 1 aliphatic rings. The third kappa shape index (κ3) is 3.15. The number of hydrogen-bond donors (Lipinski definition) is 2. The number of piperidine rings is 1. The summed E-state index contributed by atoms with van der Waals surface area (Å²) in [6.45, 7) is 5.80. The minimum atomic E-state index is 0.0750. The Morgan fingerprint density at radius 2 is 2.14 bits per heavy atom. The normalized spacial score (nSPS) is 18.8. The third-order valence-corrected chi connectivity index (χ3v) is 4.11. The van der Waals surface area contributed by atoms with Crippen LogP contribution in [0.5, 0.6) is 0 Å². The average Bonchev–Trinajstić information content (AvgIpc) is 2.53. The van der Waals surface area contributed by atoms with Crippen molar-refractivity contribution in [2.45, 2.75) is 45.6 Å².